The van der Waals surface area contributed by atoms with E-state index in [1.54, 1.807) is 4.90 Å². The van der Waals surface area contributed by atoms with E-state index in [0.717, 1.165) is 13.0 Å². The predicted molar refractivity (Wildman–Crippen MR) is 70.6 cm³/mol. The molecule has 1 aromatic heterocycles. The summed E-state index contributed by atoms with van der Waals surface area (Å²) in [6, 6.07) is 0.0572. The smallest absolute Gasteiger partial charge is 0.232 e. The average molecular weight is 252 g/mol. The van der Waals surface area contributed by atoms with Gasteiger partial charge in [-0.15, -0.1) is 0 Å². The van der Waals surface area contributed by atoms with Gasteiger partial charge in [0.25, 0.3) is 0 Å². The zero-order valence-corrected chi connectivity index (χ0v) is 11.0. The van der Waals surface area contributed by atoms with Gasteiger partial charge in [-0.05, 0) is 12.3 Å². The Labute approximate surface area is 107 Å². The van der Waals surface area contributed by atoms with Crippen molar-refractivity contribution in [2.24, 2.45) is 5.92 Å². The standard InChI is InChI=1S/C11H20N6O/c1-7-4-5-17(8(7)6-18)11-14-9(12)13-10(15-11)16(2)3/h7-8,18H,4-6H2,1-3H3,(H2,12,13,14,15). The normalized spacial score (nSPS) is 23.4. The molecule has 2 rings (SSSR count). The Balaban J connectivity index is 2.33. The number of aliphatic hydroxyl groups excluding tert-OH is 1. The molecular formula is C11H20N6O. The van der Waals surface area contributed by atoms with Crippen molar-refractivity contribution in [2.45, 2.75) is 19.4 Å². The summed E-state index contributed by atoms with van der Waals surface area (Å²) in [5.74, 6) is 1.72. The molecule has 7 nitrogen and oxygen atoms in total. The maximum Gasteiger partial charge on any atom is 0.232 e. The number of aromatic nitrogens is 3. The summed E-state index contributed by atoms with van der Waals surface area (Å²) in [5, 5.41) is 9.46. The van der Waals surface area contributed by atoms with E-state index in [2.05, 4.69) is 21.9 Å². The summed E-state index contributed by atoms with van der Waals surface area (Å²) in [6.45, 7) is 3.06. The number of hydrogen-bond acceptors (Lipinski definition) is 7. The molecule has 2 heterocycles. The molecule has 2 atom stereocenters. The minimum Gasteiger partial charge on any atom is -0.394 e. The van der Waals surface area contributed by atoms with Gasteiger partial charge in [0.2, 0.25) is 17.8 Å². The van der Waals surface area contributed by atoms with Crippen LogP contribution in [0.3, 0.4) is 0 Å². The minimum absolute atomic E-state index is 0.0572. The van der Waals surface area contributed by atoms with Crippen molar-refractivity contribution in [3.8, 4) is 0 Å². The van der Waals surface area contributed by atoms with Gasteiger partial charge in [0.05, 0.1) is 12.6 Å². The van der Waals surface area contributed by atoms with Gasteiger partial charge < -0.3 is 20.6 Å². The fraction of sp³-hybridized carbons (Fsp3) is 0.727. The minimum atomic E-state index is 0.0572. The van der Waals surface area contributed by atoms with Crippen LogP contribution in [0.5, 0.6) is 0 Å². The van der Waals surface area contributed by atoms with Crippen LogP contribution in [0.25, 0.3) is 0 Å². The molecule has 0 spiro atoms. The third-order valence-corrected chi connectivity index (χ3v) is 3.36. The van der Waals surface area contributed by atoms with Gasteiger partial charge >= 0.3 is 0 Å². The number of hydrogen-bond donors (Lipinski definition) is 2. The molecule has 1 aliphatic rings. The molecule has 1 aromatic rings. The first kappa shape index (κ1) is 12.8. The van der Waals surface area contributed by atoms with Crippen molar-refractivity contribution in [3.63, 3.8) is 0 Å². The van der Waals surface area contributed by atoms with E-state index in [1.165, 1.54) is 0 Å². The van der Waals surface area contributed by atoms with Crippen LogP contribution in [0.4, 0.5) is 17.8 Å². The lowest BCUT2D eigenvalue weighted by atomic mass is 10.0. The molecule has 1 saturated heterocycles. The van der Waals surface area contributed by atoms with Crippen LogP contribution in [-0.2, 0) is 0 Å². The first-order valence-electron chi connectivity index (χ1n) is 6.09. The molecule has 0 radical (unpaired) electrons. The van der Waals surface area contributed by atoms with Crippen LogP contribution >= 0.6 is 0 Å². The van der Waals surface area contributed by atoms with Crippen molar-refractivity contribution in [1.29, 1.82) is 0 Å². The highest BCUT2D eigenvalue weighted by Gasteiger charge is 2.32. The summed E-state index contributed by atoms with van der Waals surface area (Å²) in [6.07, 6.45) is 1.02. The van der Waals surface area contributed by atoms with Crippen LogP contribution in [0.15, 0.2) is 0 Å². The Bertz CT molecular complexity index is 424. The van der Waals surface area contributed by atoms with E-state index in [-0.39, 0.29) is 18.6 Å². The topological polar surface area (TPSA) is 91.4 Å². The fourth-order valence-corrected chi connectivity index (χ4v) is 2.23. The van der Waals surface area contributed by atoms with E-state index >= 15 is 0 Å². The average Bonchev–Trinajstić information content (AvgIpc) is 2.69. The van der Waals surface area contributed by atoms with Crippen molar-refractivity contribution in [2.75, 3.05) is 42.8 Å². The summed E-state index contributed by atoms with van der Waals surface area (Å²) < 4.78 is 0. The molecule has 18 heavy (non-hydrogen) atoms. The molecule has 0 aromatic carbocycles. The molecule has 3 N–H and O–H groups in total. The summed E-state index contributed by atoms with van der Waals surface area (Å²) >= 11 is 0. The summed E-state index contributed by atoms with van der Waals surface area (Å²) in [7, 11) is 3.71. The number of nitrogens with zero attached hydrogens (tertiary/aromatic N) is 5. The molecule has 1 fully saturated rings. The van der Waals surface area contributed by atoms with Gasteiger partial charge in [-0.1, -0.05) is 6.92 Å². The van der Waals surface area contributed by atoms with Crippen molar-refractivity contribution >= 4 is 17.8 Å². The summed E-state index contributed by atoms with van der Waals surface area (Å²) in [5.41, 5.74) is 5.71. The fourth-order valence-electron chi connectivity index (χ4n) is 2.23. The molecule has 0 amide bonds. The highest BCUT2D eigenvalue weighted by molar-refractivity contribution is 5.44. The van der Waals surface area contributed by atoms with Gasteiger partial charge in [0.15, 0.2) is 0 Å². The molecule has 2 unspecified atom stereocenters. The van der Waals surface area contributed by atoms with E-state index in [0.29, 0.717) is 17.8 Å². The van der Waals surface area contributed by atoms with Crippen LogP contribution < -0.4 is 15.5 Å². The zero-order chi connectivity index (χ0) is 13.3. The van der Waals surface area contributed by atoms with E-state index in [9.17, 15) is 5.11 Å². The van der Waals surface area contributed by atoms with Crippen molar-refractivity contribution in [3.05, 3.63) is 0 Å². The number of nitrogens with two attached hydrogens (primary N) is 1. The van der Waals surface area contributed by atoms with E-state index in [4.69, 9.17) is 5.73 Å². The molecule has 100 valence electrons. The van der Waals surface area contributed by atoms with Gasteiger partial charge in [-0.3, -0.25) is 0 Å². The first-order chi connectivity index (χ1) is 8.52. The third kappa shape index (κ3) is 2.31. The molecule has 0 bridgehead atoms. The Morgan fingerprint density at radius 2 is 2.11 bits per heavy atom. The highest BCUT2D eigenvalue weighted by Crippen LogP contribution is 2.27. The maximum absolute atomic E-state index is 9.46. The SMILES string of the molecule is CC1CCN(c2nc(N)nc(N(C)C)n2)C1CO. The van der Waals surface area contributed by atoms with Crippen LogP contribution in [0.2, 0.25) is 0 Å². The van der Waals surface area contributed by atoms with Gasteiger partial charge in [0, 0.05) is 20.6 Å². The monoisotopic (exact) mass is 252 g/mol. The highest BCUT2D eigenvalue weighted by atomic mass is 16.3. The second kappa shape index (κ2) is 4.93. The van der Waals surface area contributed by atoms with E-state index in [1.807, 2.05) is 19.0 Å². The quantitative estimate of drug-likeness (QED) is 0.765. The Morgan fingerprint density at radius 1 is 1.39 bits per heavy atom. The van der Waals surface area contributed by atoms with E-state index < -0.39 is 0 Å². The lowest BCUT2D eigenvalue weighted by Gasteiger charge is -2.25. The molecule has 0 aliphatic carbocycles. The lowest BCUT2D eigenvalue weighted by Crippen LogP contribution is -2.36. The third-order valence-electron chi connectivity index (χ3n) is 3.36. The second-order valence-electron chi connectivity index (χ2n) is 4.90. The second-order valence-corrected chi connectivity index (χ2v) is 4.90. The van der Waals surface area contributed by atoms with Crippen molar-refractivity contribution in [1.82, 2.24) is 15.0 Å². The largest absolute Gasteiger partial charge is 0.394 e. The molecular weight excluding hydrogens is 232 g/mol. The molecule has 0 saturated carbocycles. The Hall–Kier alpha value is -1.63. The molecule has 7 heteroatoms. The van der Waals surface area contributed by atoms with Gasteiger partial charge in [-0.25, -0.2) is 0 Å². The van der Waals surface area contributed by atoms with Crippen LogP contribution in [0.1, 0.15) is 13.3 Å². The zero-order valence-electron chi connectivity index (χ0n) is 11.0. The maximum atomic E-state index is 9.46. The van der Waals surface area contributed by atoms with Gasteiger partial charge in [0.1, 0.15) is 0 Å². The lowest BCUT2D eigenvalue weighted by molar-refractivity contribution is 0.244. The Kier molecular flexibility index (Phi) is 3.51. The number of rotatable bonds is 3. The first-order valence-corrected chi connectivity index (χ1v) is 6.09. The summed E-state index contributed by atoms with van der Waals surface area (Å²) in [4.78, 5) is 16.4. The van der Waals surface area contributed by atoms with Crippen LogP contribution in [-0.4, -0.2) is 53.3 Å². The molecule has 1 aliphatic heterocycles. The van der Waals surface area contributed by atoms with Crippen molar-refractivity contribution < 1.29 is 5.11 Å². The number of anilines is 3. The number of nitrogen functional groups attached to an aromatic ring is 1. The number of aliphatic hydroxyl groups is 1. The van der Waals surface area contributed by atoms with Gasteiger partial charge in [-0.2, -0.15) is 15.0 Å². The predicted octanol–water partition coefficient (Wildman–Crippen LogP) is -0.273. The Morgan fingerprint density at radius 3 is 2.72 bits per heavy atom. The van der Waals surface area contributed by atoms with Crippen LogP contribution in [0, 0.1) is 5.92 Å².